The molecular formula is C27H46N3O8S+. The van der Waals surface area contributed by atoms with E-state index in [2.05, 4.69) is 17.2 Å². The van der Waals surface area contributed by atoms with Crippen molar-refractivity contribution in [2.75, 3.05) is 21.1 Å². The predicted molar refractivity (Wildman–Crippen MR) is 147 cm³/mol. The minimum absolute atomic E-state index is 0.166. The Labute approximate surface area is 235 Å². The summed E-state index contributed by atoms with van der Waals surface area (Å²) >= 11 is 1.12. The molecular weight excluding hydrogens is 526 g/mol. The minimum Gasteiger partial charge on any atom is -0.414 e. The summed E-state index contributed by atoms with van der Waals surface area (Å²) < 4.78 is 11.7. The first-order valence-electron chi connectivity index (χ1n) is 13.8. The number of aliphatic hydroxyl groups is 4. The van der Waals surface area contributed by atoms with Crippen molar-refractivity contribution < 1.29 is 44.0 Å². The van der Waals surface area contributed by atoms with Gasteiger partial charge in [-0.2, -0.15) is 0 Å². The topological polar surface area (TPSA) is 158 Å². The Balaban J connectivity index is 1.64. The van der Waals surface area contributed by atoms with Gasteiger partial charge in [0.05, 0.1) is 44.8 Å². The van der Waals surface area contributed by atoms with Crippen LogP contribution in [0.1, 0.15) is 58.8 Å². The van der Waals surface area contributed by atoms with Gasteiger partial charge in [-0.15, -0.1) is 0 Å². The van der Waals surface area contributed by atoms with Crippen molar-refractivity contribution in [3.8, 4) is 0 Å². The summed E-state index contributed by atoms with van der Waals surface area (Å²) in [5.41, 5.74) is -0.0502. The third kappa shape index (κ3) is 8.25. The highest BCUT2D eigenvalue weighted by atomic mass is 32.2. The molecule has 1 amide bonds. The van der Waals surface area contributed by atoms with Gasteiger partial charge in [-0.05, 0) is 37.7 Å². The molecule has 1 saturated heterocycles. The number of nitrogens with one attached hydrogen (secondary N) is 1. The summed E-state index contributed by atoms with van der Waals surface area (Å²) in [6.07, 6.45) is 0.263. The van der Waals surface area contributed by atoms with Crippen molar-refractivity contribution in [2.24, 2.45) is 16.8 Å². The number of thioether (sulfide) groups is 1. The number of aliphatic imine (C=N–C) groups is 1. The van der Waals surface area contributed by atoms with Crippen LogP contribution in [0.25, 0.3) is 0 Å². The summed E-state index contributed by atoms with van der Waals surface area (Å²) in [6.45, 7) is 4.07. The van der Waals surface area contributed by atoms with Crippen molar-refractivity contribution in [3.05, 3.63) is 11.8 Å². The highest BCUT2D eigenvalue weighted by Crippen LogP contribution is 2.36. The number of hydrogen-bond donors (Lipinski definition) is 5. The quantitative estimate of drug-likeness (QED) is 0.130. The Bertz CT molecular complexity index is 908. The fourth-order valence-electron chi connectivity index (χ4n) is 5.58. The predicted octanol–water partition coefficient (Wildman–Crippen LogP) is 0.891. The van der Waals surface area contributed by atoms with E-state index in [1.807, 2.05) is 21.1 Å². The van der Waals surface area contributed by atoms with Crippen molar-refractivity contribution in [1.29, 1.82) is 0 Å². The van der Waals surface area contributed by atoms with Gasteiger partial charge in [-0.3, -0.25) is 19.1 Å². The lowest BCUT2D eigenvalue weighted by Gasteiger charge is -2.44. The van der Waals surface area contributed by atoms with Gasteiger partial charge in [0.15, 0.2) is 0 Å². The number of rotatable bonds is 12. The number of nitrogens with zero attached hydrogens (tertiary/aromatic N) is 2. The monoisotopic (exact) mass is 572 g/mol. The fraction of sp³-hybridized carbons (Fsp3) is 0.815. The maximum atomic E-state index is 13.1. The number of hydrogen-bond acceptors (Lipinski definition) is 10. The van der Waals surface area contributed by atoms with Crippen LogP contribution in [-0.4, -0.2) is 112 Å². The zero-order chi connectivity index (χ0) is 28.9. The lowest BCUT2D eigenvalue weighted by Crippen LogP contribution is -2.65. The Morgan fingerprint density at radius 1 is 1.26 bits per heavy atom. The molecule has 1 saturated carbocycles. The molecule has 5 N–H and O–H groups in total. The van der Waals surface area contributed by atoms with E-state index in [-0.39, 0.29) is 11.8 Å². The number of carbonyl (C=O) groups is 2. The van der Waals surface area contributed by atoms with Crippen LogP contribution >= 0.6 is 11.8 Å². The molecule has 2 fully saturated rings. The molecule has 12 heteroatoms. The molecule has 10 atom stereocenters. The van der Waals surface area contributed by atoms with Crippen LogP contribution in [0.2, 0.25) is 0 Å². The normalized spacial score (nSPS) is 33.6. The summed E-state index contributed by atoms with van der Waals surface area (Å²) in [5, 5.41) is 46.2. The highest BCUT2D eigenvalue weighted by molar-refractivity contribution is 8.14. The van der Waals surface area contributed by atoms with Crippen LogP contribution in [0.4, 0.5) is 0 Å². The number of amides is 1. The van der Waals surface area contributed by atoms with Gasteiger partial charge < -0.3 is 35.2 Å². The fourth-order valence-corrected chi connectivity index (χ4v) is 6.72. The number of quaternary nitrogens is 1. The second-order valence-electron chi connectivity index (χ2n) is 12.0. The van der Waals surface area contributed by atoms with Crippen LogP contribution in [-0.2, 0) is 19.1 Å². The van der Waals surface area contributed by atoms with Crippen molar-refractivity contribution in [1.82, 2.24) is 5.32 Å². The van der Waals surface area contributed by atoms with Crippen molar-refractivity contribution in [3.63, 3.8) is 0 Å². The molecule has 0 radical (unpaired) electrons. The van der Waals surface area contributed by atoms with Crippen LogP contribution in [0.5, 0.6) is 0 Å². The second kappa shape index (κ2) is 13.9. The number of ether oxygens (including phenoxy) is 2. The molecule has 2 heterocycles. The third-order valence-electron chi connectivity index (χ3n) is 7.93. The van der Waals surface area contributed by atoms with Gasteiger partial charge in [0.25, 0.3) is 6.47 Å². The second-order valence-corrected chi connectivity index (χ2v) is 13.2. The average Bonchev–Trinajstić information content (AvgIpc) is 3.52. The molecule has 0 bridgehead atoms. The van der Waals surface area contributed by atoms with E-state index in [9.17, 15) is 30.0 Å². The zero-order valence-electron chi connectivity index (χ0n) is 23.6. The van der Waals surface area contributed by atoms with Crippen molar-refractivity contribution >= 4 is 29.2 Å². The Morgan fingerprint density at radius 3 is 2.59 bits per heavy atom. The minimum atomic E-state index is -1.54. The van der Waals surface area contributed by atoms with E-state index in [4.69, 9.17) is 9.47 Å². The lowest BCUT2D eigenvalue weighted by atomic mass is 9.91. The van der Waals surface area contributed by atoms with E-state index < -0.39 is 48.2 Å². The zero-order valence-corrected chi connectivity index (χ0v) is 24.4. The molecule has 0 aromatic rings. The smallest absolute Gasteiger partial charge is 0.297 e. The molecule has 1 aliphatic carbocycles. The molecule has 11 nitrogen and oxygen atoms in total. The van der Waals surface area contributed by atoms with Gasteiger partial charge >= 0.3 is 0 Å². The van der Waals surface area contributed by atoms with Gasteiger partial charge in [0.2, 0.25) is 12.1 Å². The van der Waals surface area contributed by atoms with E-state index in [0.717, 1.165) is 49.4 Å². The summed E-state index contributed by atoms with van der Waals surface area (Å²) in [4.78, 5) is 28.5. The molecule has 0 aromatic carbocycles. The third-order valence-corrected chi connectivity index (χ3v) is 9.08. The molecule has 3 unspecified atom stereocenters. The SMILES string of the molecule is CCCC1CC[C@H](C(=O)N[C@@H](C2O[C@@H](SC3=NC=C(C[C@@H](OC=O)[N+](C)(C)C)C3)C(O)[C@@H](O)[C@H]2O)[C@@H](C)O)C1. The first kappa shape index (κ1) is 32.0. The van der Waals surface area contributed by atoms with Gasteiger partial charge in [-0.1, -0.05) is 31.5 Å². The van der Waals surface area contributed by atoms with E-state index >= 15 is 0 Å². The largest absolute Gasteiger partial charge is 0.414 e. The molecule has 2 aliphatic heterocycles. The van der Waals surface area contributed by atoms with Crippen LogP contribution in [0, 0.1) is 11.8 Å². The van der Waals surface area contributed by atoms with Crippen molar-refractivity contribution in [2.45, 2.75) is 107 Å². The first-order chi connectivity index (χ1) is 18.3. The van der Waals surface area contributed by atoms with Crippen LogP contribution < -0.4 is 5.32 Å². The standard InChI is InChI=1S/C27H45N3O8S/c1-6-7-16-8-9-18(10-16)26(36)29-21(15(2)32)25-23(34)22(33)24(35)27(38-25)39-19-11-17(13-28-19)12-20(37-14-31)30(3,4)5/h13-16,18,20-25,27,32-35H,6-12H2,1-5H3/p+1/t15-,16?,18+,20-,21-,22+,23-,24?,25?,27+/m1/s1. The summed E-state index contributed by atoms with van der Waals surface area (Å²) in [7, 11) is 5.77. The van der Waals surface area contributed by atoms with E-state index in [1.54, 1.807) is 6.20 Å². The highest BCUT2D eigenvalue weighted by Gasteiger charge is 2.49. The summed E-state index contributed by atoms with van der Waals surface area (Å²) in [5.74, 6) is 0.150. The number of carbonyl (C=O) groups excluding carboxylic acids is 2. The van der Waals surface area contributed by atoms with Gasteiger partial charge in [-0.25, -0.2) is 0 Å². The van der Waals surface area contributed by atoms with Gasteiger partial charge in [0.1, 0.15) is 29.9 Å². The first-order valence-corrected chi connectivity index (χ1v) is 14.7. The Morgan fingerprint density at radius 2 is 1.97 bits per heavy atom. The Hall–Kier alpha value is -1.54. The Kier molecular flexibility index (Phi) is 11.4. The van der Waals surface area contributed by atoms with Gasteiger partial charge in [0, 0.05) is 18.5 Å². The molecule has 0 aromatic heterocycles. The van der Waals surface area contributed by atoms with Crippen LogP contribution in [0.15, 0.2) is 16.8 Å². The lowest BCUT2D eigenvalue weighted by molar-refractivity contribution is -0.916. The maximum Gasteiger partial charge on any atom is 0.297 e. The molecule has 3 rings (SSSR count). The van der Waals surface area contributed by atoms with Crippen LogP contribution in [0.3, 0.4) is 0 Å². The van der Waals surface area contributed by atoms with E-state index in [0.29, 0.717) is 34.8 Å². The maximum absolute atomic E-state index is 13.1. The number of aliphatic hydroxyl groups excluding tert-OH is 4. The average molecular weight is 573 g/mol. The summed E-state index contributed by atoms with van der Waals surface area (Å²) in [6, 6.07) is -0.979. The molecule has 222 valence electrons. The molecule has 39 heavy (non-hydrogen) atoms. The molecule has 3 aliphatic rings. The van der Waals surface area contributed by atoms with E-state index in [1.165, 1.54) is 6.92 Å². The molecule has 0 spiro atoms.